The second-order valence-corrected chi connectivity index (χ2v) is 5.89. The zero-order chi connectivity index (χ0) is 19.0. The summed E-state index contributed by atoms with van der Waals surface area (Å²) in [5, 5.41) is 0.952. The Kier molecular flexibility index (Phi) is 11.3. The molecule has 0 radical (unpaired) electrons. The van der Waals surface area contributed by atoms with Gasteiger partial charge in [0.2, 0.25) is 0 Å². The van der Waals surface area contributed by atoms with E-state index in [0.29, 0.717) is 31.1 Å². The Labute approximate surface area is 163 Å². The van der Waals surface area contributed by atoms with E-state index in [1.165, 1.54) is 0 Å². The van der Waals surface area contributed by atoms with Crippen LogP contribution in [-0.2, 0) is 0 Å². The number of alkyl halides is 1. The first-order valence-electron chi connectivity index (χ1n) is 8.20. The summed E-state index contributed by atoms with van der Waals surface area (Å²) < 4.78 is 10.8. The van der Waals surface area contributed by atoms with Crippen molar-refractivity contribution in [2.75, 3.05) is 25.1 Å². The maximum atomic E-state index is 6.76. The van der Waals surface area contributed by atoms with Crippen molar-refractivity contribution in [3.8, 4) is 11.5 Å². The lowest BCUT2D eigenvalue weighted by Crippen LogP contribution is -2.05. The molecule has 136 valence electrons. The molecule has 0 heterocycles. The average Bonchev–Trinajstić information content (AvgIpc) is 2.70. The minimum Gasteiger partial charge on any atom is -0.494 e. The molecule has 0 aliphatic rings. The summed E-state index contributed by atoms with van der Waals surface area (Å²) in [4.78, 5) is 6.58. The van der Waals surface area contributed by atoms with Crippen molar-refractivity contribution in [2.24, 2.45) is 5.73 Å². The molecule has 2 aromatic rings. The molecule has 0 atom stereocenters. The molecule has 2 aromatic carbocycles. The molecule has 0 aromatic heterocycles. The number of hydrogen-bond acceptors (Lipinski definition) is 3. The van der Waals surface area contributed by atoms with E-state index in [1.807, 2.05) is 12.1 Å². The van der Waals surface area contributed by atoms with Gasteiger partial charge < -0.3 is 15.2 Å². The number of halogens is 1. The van der Waals surface area contributed by atoms with Crippen LogP contribution in [-0.4, -0.2) is 25.1 Å². The SMILES string of the molecule is [C-]#[N+]c1ccc(OCCCBr)cc1.[C-]#[N+]c1ccc(OCCCN)cc1. The summed E-state index contributed by atoms with van der Waals surface area (Å²) in [6.07, 6.45) is 1.84. The van der Waals surface area contributed by atoms with Gasteiger partial charge in [-0.15, -0.1) is 0 Å². The predicted octanol–water partition coefficient (Wildman–Crippen LogP) is 5.37. The molecular weight excluding hydrogens is 394 g/mol. The Bertz CT molecular complexity index is 640. The molecule has 0 amide bonds. The van der Waals surface area contributed by atoms with Gasteiger partial charge in [0.15, 0.2) is 11.4 Å². The second-order valence-electron chi connectivity index (χ2n) is 5.09. The molecular formula is C20H22BrN3O2. The van der Waals surface area contributed by atoms with E-state index in [2.05, 4.69) is 25.6 Å². The summed E-state index contributed by atoms with van der Waals surface area (Å²) in [6, 6.07) is 14.2. The molecule has 26 heavy (non-hydrogen) atoms. The molecule has 0 aliphatic carbocycles. The Hall–Kier alpha value is -2.54. The number of rotatable bonds is 8. The van der Waals surface area contributed by atoms with Gasteiger partial charge in [-0.05, 0) is 43.7 Å². The Balaban J connectivity index is 0.000000260. The van der Waals surface area contributed by atoms with E-state index < -0.39 is 0 Å². The topological polar surface area (TPSA) is 53.2 Å². The van der Waals surface area contributed by atoms with Crippen molar-refractivity contribution in [3.05, 3.63) is 71.4 Å². The van der Waals surface area contributed by atoms with Gasteiger partial charge in [-0.3, -0.25) is 0 Å². The number of hydrogen-bond donors (Lipinski definition) is 1. The van der Waals surface area contributed by atoms with Crippen molar-refractivity contribution in [1.29, 1.82) is 0 Å². The lowest BCUT2D eigenvalue weighted by molar-refractivity contribution is 0.313. The monoisotopic (exact) mass is 415 g/mol. The number of nitrogens with zero attached hydrogens (tertiary/aromatic N) is 2. The lowest BCUT2D eigenvalue weighted by Gasteiger charge is -2.04. The van der Waals surface area contributed by atoms with Crippen LogP contribution in [0, 0.1) is 13.1 Å². The summed E-state index contributed by atoms with van der Waals surface area (Å²) in [6.45, 7) is 15.5. The highest BCUT2D eigenvalue weighted by Crippen LogP contribution is 2.18. The average molecular weight is 416 g/mol. The minimum atomic E-state index is 0.631. The van der Waals surface area contributed by atoms with Crippen LogP contribution in [0.1, 0.15) is 12.8 Å². The quantitative estimate of drug-likeness (QED) is 0.358. The van der Waals surface area contributed by atoms with Gasteiger partial charge in [-0.25, -0.2) is 9.69 Å². The second kappa shape index (κ2) is 13.7. The molecule has 0 fully saturated rings. The molecule has 0 unspecified atom stereocenters. The van der Waals surface area contributed by atoms with Crippen LogP contribution in [0.5, 0.6) is 11.5 Å². The van der Waals surface area contributed by atoms with Crippen LogP contribution in [0.15, 0.2) is 48.5 Å². The molecule has 2 rings (SSSR count). The lowest BCUT2D eigenvalue weighted by atomic mass is 10.3. The van der Waals surface area contributed by atoms with Gasteiger partial charge in [0, 0.05) is 5.33 Å². The first kappa shape index (κ1) is 21.5. The van der Waals surface area contributed by atoms with Crippen LogP contribution in [0.4, 0.5) is 11.4 Å². The molecule has 5 nitrogen and oxygen atoms in total. The minimum absolute atomic E-state index is 0.631. The van der Waals surface area contributed by atoms with Crippen LogP contribution in [0.2, 0.25) is 0 Å². The van der Waals surface area contributed by atoms with E-state index in [9.17, 15) is 0 Å². The first-order chi connectivity index (χ1) is 12.7. The highest BCUT2D eigenvalue weighted by molar-refractivity contribution is 9.09. The standard InChI is InChI=1S/C10H10BrNO.C10H12N2O/c2*1-12-9-3-5-10(6-4-9)13-8-2-7-11/h3-6H,2,7-8H2;3-6H,2,7-8,11H2. The van der Waals surface area contributed by atoms with Crippen LogP contribution in [0.25, 0.3) is 9.69 Å². The predicted molar refractivity (Wildman–Crippen MR) is 108 cm³/mol. The van der Waals surface area contributed by atoms with Gasteiger partial charge in [-0.2, -0.15) is 0 Å². The third kappa shape index (κ3) is 9.08. The zero-order valence-corrected chi connectivity index (χ0v) is 16.1. The molecule has 0 bridgehead atoms. The van der Waals surface area contributed by atoms with E-state index in [1.54, 1.807) is 36.4 Å². The third-order valence-electron chi connectivity index (χ3n) is 3.10. The van der Waals surface area contributed by atoms with Crippen molar-refractivity contribution in [1.82, 2.24) is 0 Å². The number of ether oxygens (including phenoxy) is 2. The van der Waals surface area contributed by atoms with Crippen molar-refractivity contribution >= 4 is 27.3 Å². The first-order valence-corrected chi connectivity index (χ1v) is 9.32. The van der Waals surface area contributed by atoms with E-state index in [-0.39, 0.29) is 0 Å². The van der Waals surface area contributed by atoms with Crippen molar-refractivity contribution in [3.63, 3.8) is 0 Å². The molecule has 6 heteroatoms. The fraction of sp³-hybridized carbons (Fsp3) is 0.300. The van der Waals surface area contributed by atoms with Crippen LogP contribution >= 0.6 is 15.9 Å². The Morgan fingerprint density at radius 2 is 1.19 bits per heavy atom. The zero-order valence-electron chi connectivity index (χ0n) is 14.5. The highest BCUT2D eigenvalue weighted by Gasteiger charge is 1.94. The normalized spacial score (nSPS) is 9.23. The number of nitrogens with two attached hydrogens (primary N) is 1. The van der Waals surface area contributed by atoms with Gasteiger partial charge in [0.1, 0.15) is 11.5 Å². The van der Waals surface area contributed by atoms with Crippen LogP contribution in [0.3, 0.4) is 0 Å². The van der Waals surface area contributed by atoms with Gasteiger partial charge in [-0.1, -0.05) is 40.2 Å². The van der Waals surface area contributed by atoms with Crippen molar-refractivity contribution < 1.29 is 9.47 Å². The van der Waals surface area contributed by atoms with Gasteiger partial charge in [0.25, 0.3) is 0 Å². The highest BCUT2D eigenvalue weighted by atomic mass is 79.9. The Morgan fingerprint density at radius 3 is 1.54 bits per heavy atom. The fourth-order valence-electron chi connectivity index (χ4n) is 1.75. The fourth-order valence-corrected chi connectivity index (χ4v) is 1.98. The van der Waals surface area contributed by atoms with E-state index >= 15 is 0 Å². The molecule has 0 aliphatic heterocycles. The third-order valence-corrected chi connectivity index (χ3v) is 3.66. The van der Waals surface area contributed by atoms with Crippen molar-refractivity contribution in [2.45, 2.75) is 12.8 Å². The maximum Gasteiger partial charge on any atom is 0.187 e. The summed E-state index contributed by atoms with van der Waals surface area (Å²) in [7, 11) is 0. The molecule has 0 spiro atoms. The smallest absolute Gasteiger partial charge is 0.187 e. The van der Waals surface area contributed by atoms with E-state index in [0.717, 1.165) is 29.7 Å². The van der Waals surface area contributed by atoms with Gasteiger partial charge in [0.05, 0.1) is 26.4 Å². The number of benzene rings is 2. The summed E-state index contributed by atoms with van der Waals surface area (Å²) >= 11 is 3.33. The molecule has 0 saturated heterocycles. The maximum absolute atomic E-state index is 6.76. The van der Waals surface area contributed by atoms with Crippen LogP contribution < -0.4 is 15.2 Å². The van der Waals surface area contributed by atoms with Gasteiger partial charge >= 0.3 is 0 Å². The largest absolute Gasteiger partial charge is 0.494 e. The molecule has 0 saturated carbocycles. The van der Waals surface area contributed by atoms with E-state index in [4.69, 9.17) is 28.4 Å². The summed E-state index contributed by atoms with van der Waals surface area (Å²) in [5.41, 5.74) is 6.60. The molecule has 2 N–H and O–H groups in total. The summed E-state index contributed by atoms with van der Waals surface area (Å²) in [5.74, 6) is 1.62. The Morgan fingerprint density at radius 1 is 0.769 bits per heavy atom.